The summed E-state index contributed by atoms with van der Waals surface area (Å²) in [7, 11) is 1.64. The van der Waals surface area contributed by atoms with Crippen LogP contribution in [0.25, 0.3) is 0 Å². The maximum atomic E-state index is 5.97. The average Bonchev–Trinajstić information content (AvgIpc) is 2.71. The second-order valence-corrected chi connectivity index (χ2v) is 5.73. The molecule has 0 bridgehead atoms. The third-order valence-electron chi connectivity index (χ3n) is 2.94. The maximum absolute atomic E-state index is 5.97. The summed E-state index contributed by atoms with van der Waals surface area (Å²) in [4.78, 5) is 2.38. The summed E-state index contributed by atoms with van der Waals surface area (Å²) in [6.07, 6.45) is 0. The van der Waals surface area contributed by atoms with Gasteiger partial charge in [0.2, 0.25) is 0 Å². The van der Waals surface area contributed by atoms with E-state index in [1.807, 2.05) is 24.0 Å². The van der Waals surface area contributed by atoms with Crippen LogP contribution in [0.1, 0.15) is 12.6 Å². The van der Waals surface area contributed by atoms with Crippen molar-refractivity contribution in [1.82, 2.24) is 14.7 Å². The second-order valence-electron chi connectivity index (χ2n) is 4.09. The van der Waals surface area contributed by atoms with Gasteiger partial charge in [-0.25, -0.2) is 0 Å². The van der Waals surface area contributed by atoms with E-state index in [-0.39, 0.29) is 10.7 Å². The normalized spacial score (nSPS) is 19.7. The van der Waals surface area contributed by atoms with E-state index in [1.165, 1.54) is 5.69 Å². The number of nitrogens with zero attached hydrogens (tertiary/aromatic N) is 3. The van der Waals surface area contributed by atoms with Crippen LogP contribution in [0.2, 0.25) is 0 Å². The van der Waals surface area contributed by atoms with E-state index in [0.717, 1.165) is 37.9 Å². The fourth-order valence-electron chi connectivity index (χ4n) is 1.85. The Morgan fingerprint density at radius 1 is 1.53 bits per heavy atom. The van der Waals surface area contributed by atoms with Gasteiger partial charge in [-0.1, -0.05) is 10.7 Å². The monoisotopic (exact) mass is 256 g/mol. The Kier molecular flexibility index (Phi) is 4.33. The van der Waals surface area contributed by atoms with E-state index in [0.29, 0.717) is 0 Å². The molecule has 2 heterocycles. The SMILES string of the molecule is C/C=S(/N)c1cc(CN2CCOCC2)n(C)n1. The summed E-state index contributed by atoms with van der Waals surface area (Å²) in [5, 5.41) is 13.4. The quantitative estimate of drug-likeness (QED) is 0.804. The van der Waals surface area contributed by atoms with E-state index in [2.05, 4.69) is 16.1 Å². The van der Waals surface area contributed by atoms with Crippen molar-refractivity contribution in [1.29, 1.82) is 0 Å². The summed E-state index contributed by atoms with van der Waals surface area (Å²) < 4.78 is 7.27. The molecule has 1 atom stereocenters. The van der Waals surface area contributed by atoms with Gasteiger partial charge in [-0.15, -0.1) is 0 Å². The van der Waals surface area contributed by atoms with Crippen LogP contribution in [0, 0.1) is 0 Å². The van der Waals surface area contributed by atoms with Crippen LogP contribution in [0.5, 0.6) is 0 Å². The first-order valence-electron chi connectivity index (χ1n) is 5.80. The van der Waals surface area contributed by atoms with Gasteiger partial charge in [-0.2, -0.15) is 5.10 Å². The van der Waals surface area contributed by atoms with Crippen LogP contribution in [0.4, 0.5) is 0 Å². The molecule has 0 aromatic carbocycles. The topological polar surface area (TPSA) is 56.3 Å². The standard InChI is InChI=1S/C11H20N4OS/c1-3-17(12)11-8-10(14(2)13-11)9-15-4-6-16-7-5-15/h3,8H,4-7,9,12H2,1-2H3. The predicted octanol–water partition coefficient (Wildman–Crippen LogP) is 0.576. The molecule has 1 aliphatic heterocycles. The lowest BCUT2D eigenvalue weighted by atomic mass is 10.3. The lowest BCUT2D eigenvalue weighted by Crippen LogP contribution is -2.36. The molecule has 1 saturated heterocycles. The van der Waals surface area contributed by atoms with Crippen LogP contribution in [-0.2, 0) is 18.3 Å². The van der Waals surface area contributed by atoms with Crippen LogP contribution in [0.3, 0.4) is 0 Å². The van der Waals surface area contributed by atoms with Crippen LogP contribution < -0.4 is 5.14 Å². The summed E-state index contributed by atoms with van der Waals surface area (Å²) in [5.41, 5.74) is 1.21. The summed E-state index contributed by atoms with van der Waals surface area (Å²) in [5.74, 6) is 0. The van der Waals surface area contributed by atoms with Gasteiger partial charge in [-0.3, -0.25) is 14.7 Å². The zero-order valence-corrected chi connectivity index (χ0v) is 11.2. The highest BCUT2D eigenvalue weighted by Gasteiger charge is 2.14. The predicted molar refractivity (Wildman–Crippen MR) is 71.1 cm³/mol. The van der Waals surface area contributed by atoms with Crippen molar-refractivity contribution < 1.29 is 4.74 Å². The number of aryl methyl sites for hydroxylation is 1. The first-order valence-corrected chi connectivity index (χ1v) is 7.16. The molecule has 2 rings (SSSR count). The van der Waals surface area contributed by atoms with E-state index < -0.39 is 0 Å². The molecule has 2 N–H and O–H groups in total. The largest absolute Gasteiger partial charge is 0.379 e. The minimum atomic E-state index is -0.337. The molecule has 0 amide bonds. The molecule has 1 aromatic rings. The molecule has 1 aromatic heterocycles. The van der Waals surface area contributed by atoms with Gasteiger partial charge < -0.3 is 4.74 Å². The zero-order chi connectivity index (χ0) is 12.3. The smallest absolute Gasteiger partial charge is 0.126 e. The van der Waals surface area contributed by atoms with Gasteiger partial charge in [0.25, 0.3) is 0 Å². The molecular weight excluding hydrogens is 236 g/mol. The Morgan fingerprint density at radius 3 is 2.88 bits per heavy atom. The molecule has 17 heavy (non-hydrogen) atoms. The molecule has 1 aliphatic rings. The van der Waals surface area contributed by atoms with Gasteiger partial charge in [0.05, 0.1) is 18.9 Å². The number of hydrogen-bond donors (Lipinski definition) is 1. The molecule has 0 saturated carbocycles. The van der Waals surface area contributed by atoms with Gasteiger partial charge >= 0.3 is 0 Å². The van der Waals surface area contributed by atoms with Crippen LogP contribution >= 0.6 is 10.7 Å². The van der Waals surface area contributed by atoms with Gasteiger partial charge in [-0.05, 0) is 18.4 Å². The minimum Gasteiger partial charge on any atom is -0.379 e. The summed E-state index contributed by atoms with van der Waals surface area (Å²) in [6, 6.07) is 2.11. The molecule has 0 spiro atoms. The molecule has 0 aliphatic carbocycles. The third kappa shape index (κ3) is 3.16. The Hall–Kier alpha value is -0.690. The summed E-state index contributed by atoms with van der Waals surface area (Å²) in [6.45, 7) is 6.54. The molecular formula is C11H20N4OS. The van der Waals surface area contributed by atoms with Crippen LogP contribution in [0.15, 0.2) is 11.1 Å². The minimum absolute atomic E-state index is 0.337. The second kappa shape index (κ2) is 5.77. The van der Waals surface area contributed by atoms with Gasteiger partial charge in [0.1, 0.15) is 5.03 Å². The van der Waals surface area contributed by atoms with Crippen molar-refractivity contribution in [2.24, 2.45) is 12.2 Å². The molecule has 5 nitrogen and oxygen atoms in total. The first kappa shape index (κ1) is 12.8. The lowest BCUT2D eigenvalue weighted by Gasteiger charge is -2.26. The molecule has 6 heteroatoms. The van der Waals surface area contributed by atoms with E-state index in [9.17, 15) is 0 Å². The van der Waals surface area contributed by atoms with Crippen molar-refractivity contribution >= 4 is 16.0 Å². The van der Waals surface area contributed by atoms with Gasteiger partial charge in [0.15, 0.2) is 0 Å². The van der Waals surface area contributed by atoms with Crippen molar-refractivity contribution in [2.75, 3.05) is 26.3 Å². The number of hydrogen-bond acceptors (Lipinski definition) is 4. The van der Waals surface area contributed by atoms with Crippen molar-refractivity contribution in [3.63, 3.8) is 0 Å². The lowest BCUT2D eigenvalue weighted by molar-refractivity contribution is 0.0331. The number of aromatic nitrogens is 2. The molecule has 0 radical (unpaired) electrons. The van der Waals surface area contributed by atoms with Gasteiger partial charge in [0, 0.05) is 26.7 Å². The van der Waals surface area contributed by atoms with Crippen molar-refractivity contribution in [3.05, 3.63) is 11.8 Å². The Morgan fingerprint density at radius 2 is 2.24 bits per heavy atom. The van der Waals surface area contributed by atoms with E-state index in [4.69, 9.17) is 9.88 Å². The molecule has 1 unspecified atom stereocenters. The highest BCUT2D eigenvalue weighted by Crippen LogP contribution is 2.18. The number of nitrogens with two attached hydrogens (primary N) is 1. The Bertz CT molecular complexity index is 410. The Labute approximate surface area is 105 Å². The number of ether oxygens (including phenoxy) is 1. The summed E-state index contributed by atoms with van der Waals surface area (Å²) >= 11 is 0. The van der Waals surface area contributed by atoms with Crippen LogP contribution in [-0.4, -0.2) is 46.4 Å². The number of rotatable bonds is 3. The fraction of sp³-hybridized carbons (Fsp3) is 0.636. The van der Waals surface area contributed by atoms with E-state index in [1.54, 1.807) is 0 Å². The van der Waals surface area contributed by atoms with E-state index >= 15 is 0 Å². The third-order valence-corrected chi connectivity index (χ3v) is 4.13. The Balaban J connectivity index is 2.07. The average molecular weight is 256 g/mol. The maximum Gasteiger partial charge on any atom is 0.126 e. The number of morpholine rings is 1. The highest BCUT2D eigenvalue weighted by molar-refractivity contribution is 8.12. The highest BCUT2D eigenvalue weighted by atomic mass is 32.2. The fourth-order valence-corrected chi connectivity index (χ4v) is 2.58. The van der Waals surface area contributed by atoms with Crippen molar-refractivity contribution in [3.8, 4) is 0 Å². The first-order chi connectivity index (χ1) is 8.20. The molecule has 1 fully saturated rings. The molecule has 96 valence electrons. The zero-order valence-electron chi connectivity index (χ0n) is 10.4. The van der Waals surface area contributed by atoms with Crippen molar-refractivity contribution in [2.45, 2.75) is 18.5 Å².